The average molecular weight is 670 g/mol. The van der Waals surface area contributed by atoms with E-state index in [2.05, 4.69) is 183 Å². The van der Waals surface area contributed by atoms with Gasteiger partial charge in [0.2, 0.25) is 12.7 Å². The number of pyridine rings is 1. The first-order valence-corrected chi connectivity index (χ1v) is 18.1. The quantitative estimate of drug-likeness (QED) is 0.117. The lowest BCUT2D eigenvalue weighted by molar-refractivity contribution is -0.687. The highest BCUT2D eigenvalue weighted by atomic mass is 15.1. The molecule has 0 fully saturated rings. The molecule has 0 saturated carbocycles. The Labute approximate surface area is 300 Å². The Morgan fingerprint density at radius 3 is 1.25 bits per heavy atom. The van der Waals surface area contributed by atoms with Crippen LogP contribution in [0.15, 0.2) is 165 Å². The Hall–Kier alpha value is -6.59. The summed E-state index contributed by atoms with van der Waals surface area (Å²) in [6, 6.07) is 46.8. The van der Waals surface area contributed by atoms with Crippen LogP contribution in [0.4, 0.5) is 0 Å². The van der Waals surface area contributed by atoms with E-state index in [1.54, 1.807) is 0 Å². The van der Waals surface area contributed by atoms with Crippen molar-refractivity contribution in [3.8, 4) is 0 Å². The normalized spacial score (nSPS) is 12.2. The number of rotatable bonds is 8. The number of benzene rings is 8. The van der Waals surface area contributed by atoms with Gasteiger partial charge in [-0.1, -0.05) is 115 Å². The third-order valence-corrected chi connectivity index (χ3v) is 11.0. The number of hydrogen-bond donors (Lipinski definition) is 0. The van der Waals surface area contributed by atoms with E-state index in [0.717, 1.165) is 37.6 Å². The molecule has 0 unspecified atom stereocenters. The molecule has 0 amide bonds. The Bertz CT molecular complexity index is 2860. The van der Waals surface area contributed by atoms with Crippen molar-refractivity contribution in [2.45, 2.75) is 26.2 Å². The van der Waals surface area contributed by atoms with Gasteiger partial charge in [-0.3, -0.25) is 0 Å². The van der Waals surface area contributed by atoms with Gasteiger partial charge < -0.3 is 0 Å². The Morgan fingerprint density at radius 2 is 0.788 bits per heavy atom. The van der Waals surface area contributed by atoms with Gasteiger partial charge in [-0.05, 0) is 76.8 Å². The van der Waals surface area contributed by atoms with Crippen molar-refractivity contribution in [3.63, 3.8) is 0 Å². The summed E-state index contributed by atoms with van der Waals surface area (Å²) in [5, 5.41) is 16.0. The second-order valence-corrected chi connectivity index (χ2v) is 14.3. The Balaban J connectivity index is 0.805. The van der Waals surface area contributed by atoms with E-state index in [4.69, 9.17) is 4.98 Å². The van der Waals surface area contributed by atoms with Gasteiger partial charge in [0.15, 0.2) is 0 Å². The topological polar surface area (TPSA) is 30.5 Å². The summed E-state index contributed by atoms with van der Waals surface area (Å²) in [5.41, 5.74) is 4.77. The second-order valence-electron chi connectivity index (χ2n) is 14.3. The minimum absolute atomic E-state index is 0.722. The monoisotopic (exact) mass is 669 g/mol. The molecule has 0 N–H and O–H groups in total. The molecule has 11 aromatic rings. The zero-order chi connectivity index (χ0) is 34.2. The minimum atomic E-state index is 0.722. The third-order valence-electron chi connectivity index (χ3n) is 11.0. The summed E-state index contributed by atoms with van der Waals surface area (Å²) >= 11 is 0. The highest BCUT2D eigenvalue weighted by molar-refractivity contribution is 6.24. The van der Waals surface area contributed by atoms with Gasteiger partial charge in [-0.2, -0.15) is 0 Å². The van der Waals surface area contributed by atoms with E-state index in [1.165, 1.54) is 75.8 Å². The van der Waals surface area contributed by atoms with Crippen LogP contribution in [-0.4, -0.2) is 14.1 Å². The van der Waals surface area contributed by atoms with Gasteiger partial charge in [0.1, 0.15) is 51.0 Å². The summed E-state index contributed by atoms with van der Waals surface area (Å²) in [6.45, 7) is 3.08. The molecular formula is C47H35N5+2. The van der Waals surface area contributed by atoms with Gasteiger partial charge in [-0.25, -0.2) is 23.3 Å². The standard InChI is InChI=1S/C47H35N5/c1-4-32-10-12-36-14-16-38(42-20-18-34(6-1)44(32)46(36)42)26-49-22-24-51(30-49)28-40-8-3-9-41(48-40)29-52-25-23-50(31-52)27-39-17-15-37-13-11-33-5-2-7-35-19-21-43(39)47(37)45(33)35/h1-25,30-31H,26-29H2/q+2. The highest BCUT2D eigenvalue weighted by Crippen LogP contribution is 2.37. The van der Waals surface area contributed by atoms with Crippen molar-refractivity contribution in [3.05, 3.63) is 187 Å². The van der Waals surface area contributed by atoms with E-state index >= 15 is 0 Å². The van der Waals surface area contributed by atoms with Crippen LogP contribution in [0, 0.1) is 0 Å². The summed E-state index contributed by atoms with van der Waals surface area (Å²) in [7, 11) is 0. The van der Waals surface area contributed by atoms with Crippen LogP contribution in [0.2, 0.25) is 0 Å². The summed E-state index contributed by atoms with van der Waals surface area (Å²) < 4.78 is 9.00. The first-order chi connectivity index (χ1) is 25.7. The first-order valence-electron chi connectivity index (χ1n) is 18.1. The summed E-state index contributed by atoms with van der Waals surface area (Å²) in [4.78, 5) is 5.07. The zero-order valence-electron chi connectivity index (χ0n) is 28.7. The fourth-order valence-electron chi connectivity index (χ4n) is 8.59. The molecule has 5 nitrogen and oxygen atoms in total. The largest absolute Gasteiger partial charge is 0.250 e. The van der Waals surface area contributed by atoms with Gasteiger partial charge in [0.25, 0.3) is 0 Å². The van der Waals surface area contributed by atoms with Gasteiger partial charge in [-0.15, -0.1) is 0 Å². The average Bonchev–Trinajstić information content (AvgIpc) is 3.82. The number of aromatic nitrogens is 5. The van der Waals surface area contributed by atoms with E-state index in [-0.39, 0.29) is 0 Å². The van der Waals surface area contributed by atoms with E-state index in [9.17, 15) is 0 Å². The van der Waals surface area contributed by atoms with Crippen molar-refractivity contribution < 1.29 is 9.13 Å². The number of imidazole rings is 2. The molecule has 0 radical (unpaired) electrons. The van der Waals surface area contributed by atoms with Crippen molar-refractivity contribution in [2.75, 3.05) is 0 Å². The zero-order valence-corrected chi connectivity index (χ0v) is 28.7. The van der Waals surface area contributed by atoms with Crippen LogP contribution in [0.3, 0.4) is 0 Å². The summed E-state index contributed by atoms with van der Waals surface area (Å²) in [6.07, 6.45) is 13.0. The van der Waals surface area contributed by atoms with E-state index in [1.807, 2.05) is 0 Å². The molecule has 0 aliphatic heterocycles. The molecule has 0 saturated heterocycles. The molecule has 52 heavy (non-hydrogen) atoms. The van der Waals surface area contributed by atoms with Crippen molar-refractivity contribution >= 4 is 64.6 Å². The van der Waals surface area contributed by atoms with Gasteiger partial charge >= 0.3 is 0 Å². The Kier molecular flexibility index (Phi) is 6.44. The van der Waals surface area contributed by atoms with Crippen LogP contribution in [0.1, 0.15) is 22.5 Å². The first kappa shape index (κ1) is 29.2. The van der Waals surface area contributed by atoms with E-state index < -0.39 is 0 Å². The molecular weight excluding hydrogens is 635 g/mol. The third kappa shape index (κ3) is 4.81. The van der Waals surface area contributed by atoms with Crippen LogP contribution in [0.25, 0.3) is 64.6 Å². The molecule has 0 aliphatic rings. The molecule has 0 spiro atoms. The molecule has 3 heterocycles. The van der Waals surface area contributed by atoms with Gasteiger partial charge in [0.05, 0.1) is 11.4 Å². The lowest BCUT2D eigenvalue weighted by Gasteiger charge is -2.13. The maximum Gasteiger partial charge on any atom is 0.244 e. The minimum Gasteiger partial charge on any atom is -0.250 e. The van der Waals surface area contributed by atoms with Crippen LogP contribution in [0.5, 0.6) is 0 Å². The predicted octanol–water partition coefficient (Wildman–Crippen LogP) is 9.25. The maximum absolute atomic E-state index is 5.07. The molecule has 8 aromatic carbocycles. The molecule has 0 atom stereocenters. The molecule has 11 rings (SSSR count). The smallest absolute Gasteiger partial charge is 0.244 e. The number of nitrogens with zero attached hydrogens (tertiary/aromatic N) is 5. The Morgan fingerprint density at radius 1 is 0.404 bits per heavy atom. The molecule has 0 aliphatic carbocycles. The van der Waals surface area contributed by atoms with Crippen LogP contribution >= 0.6 is 0 Å². The van der Waals surface area contributed by atoms with Crippen LogP contribution in [-0.2, 0) is 26.2 Å². The fraction of sp³-hybridized carbons (Fsp3) is 0.0851. The lowest BCUT2D eigenvalue weighted by atomic mass is 9.92. The van der Waals surface area contributed by atoms with E-state index in [0.29, 0.717) is 0 Å². The maximum atomic E-state index is 5.07. The van der Waals surface area contributed by atoms with Crippen molar-refractivity contribution in [2.24, 2.45) is 0 Å². The molecule has 5 heteroatoms. The fourth-order valence-corrected chi connectivity index (χ4v) is 8.59. The van der Waals surface area contributed by atoms with Gasteiger partial charge in [0, 0.05) is 11.1 Å². The van der Waals surface area contributed by atoms with Crippen molar-refractivity contribution in [1.82, 2.24) is 14.1 Å². The molecule has 3 aromatic heterocycles. The van der Waals surface area contributed by atoms with Crippen LogP contribution < -0.4 is 9.13 Å². The second kappa shape index (κ2) is 11.5. The SMILES string of the molecule is c1cc(Cn2cc[n+](Cc3ccc4ccc5cccc6ccc3c4c56)c2)nc(Cn2cc[n+](Cc3ccc4ccc5cccc6ccc3c4c56)c2)c1. The molecule has 246 valence electrons. The molecule has 0 bridgehead atoms. The number of hydrogen-bond acceptors (Lipinski definition) is 1. The summed E-state index contributed by atoms with van der Waals surface area (Å²) in [5.74, 6) is 0. The van der Waals surface area contributed by atoms with Crippen molar-refractivity contribution in [1.29, 1.82) is 0 Å². The highest BCUT2D eigenvalue weighted by Gasteiger charge is 2.16. The lowest BCUT2D eigenvalue weighted by Crippen LogP contribution is -2.31. The predicted molar refractivity (Wildman–Crippen MR) is 210 cm³/mol.